The third-order valence-electron chi connectivity index (χ3n) is 2.27. The Morgan fingerprint density at radius 2 is 2.40 bits per heavy atom. The van der Waals surface area contributed by atoms with Crippen molar-refractivity contribution in [2.45, 2.75) is 19.8 Å². The van der Waals surface area contributed by atoms with Gasteiger partial charge in [0.15, 0.2) is 0 Å². The minimum atomic E-state index is -0.378. The molecule has 2 aromatic heterocycles. The van der Waals surface area contributed by atoms with E-state index in [-0.39, 0.29) is 12.3 Å². The summed E-state index contributed by atoms with van der Waals surface area (Å²) in [6.45, 7) is 2.03. The van der Waals surface area contributed by atoms with Crippen LogP contribution in [0.4, 0.5) is 0 Å². The highest BCUT2D eigenvalue weighted by Gasteiger charge is 2.06. The van der Waals surface area contributed by atoms with Gasteiger partial charge in [0, 0.05) is 11.6 Å². The molecule has 0 aliphatic carbocycles. The predicted octanol–water partition coefficient (Wildman–Crippen LogP) is 0.548. The maximum Gasteiger partial charge on any atom is 0.223 e. The molecule has 5 nitrogen and oxygen atoms in total. The summed E-state index contributed by atoms with van der Waals surface area (Å²) in [5.74, 6) is -0.378. The minimum absolute atomic E-state index is 0.163. The molecule has 0 radical (unpaired) electrons. The zero-order chi connectivity index (χ0) is 10.8. The number of rotatable bonds is 3. The fraction of sp³-hybridized carbons (Fsp3) is 0.300. The predicted molar refractivity (Wildman–Crippen MR) is 56.2 cm³/mol. The van der Waals surface area contributed by atoms with Crippen molar-refractivity contribution in [1.82, 2.24) is 15.2 Å². The minimum Gasteiger partial charge on any atom is -0.369 e. The quantitative estimate of drug-likeness (QED) is 0.765. The highest BCUT2D eigenvalue weighted by atomic mass is 16.1. The van der Waals surface area contributed by atoms with E-state index < -0.39 is 0 Å². The average Bonchev–Trinajstić information content (AvgIpc) is 2.58. The molecule has 0 fully saturated rings. The van der Waals surface area contributed by atoms with E-state index in [0.29, 0.717) is 5.69 Å². The van der Waals surface area contributed by atoms with Crippen LogP contribution < -0.4 is 5.73 Å². The number of fused-ring (bicyclic) bond motifs is 1. The molecule has 5 heteroatoms. The number of amides is 1. The van der Waals surface area contributed by atoms with Crippen LogP contribution in [0.2, 0.25) is 0 Å². The Kier molecular flexibility index (Phi) is 2.37. The summed E-state index contributed by atoms with van der Waals surface area (Å²) in [6, 6.07) is 1.81. The second-order valence-electron chi connectivity index (χ2n) is 3.39. The number of nitrogens with one attached hydrogen (secondary N) is 1. The van der Waals surface area contributed by atoms with E-state index in [1.54, 1.807) is 6.20 Å². The molecule has 0 aromatic carbocycles. The molecule has 0 aliphatic heterocycles. The van der Waals surface area contributed by atoms with E-state index in [0.717, 1.165) is 23.0 Å². The number of carbonyl (C=O) groups excluding carboxylic acids is 1. The lowest BCUT2D eigenvalue weighted by atomic mass is 10.2. The zero-order valence-electron chi connectivity index (χ0n) is 8.45. The lowest BCUT2D eigenvalue weighted by Gasteiger charge is -1.97. The molecule has 2 aromatic rings. The molecule has 0 saturated carbocycles. The van der Waals surface area contributed by atoms with Gasteiger partial charge in [-0.05, 0) is 12.5 Å². The Hall–Kier alpha value is -1.91. The van der Waals surface area contributed by atoms with E-state index in [4.69, 9.17) is 5.73 Å². The topological polar surface area (TPSA) is 84.7 Å². The lowest BCUT2D eigenvalue weighted by Crippen LogP contribution is -2.14. The molecule has 2 heterocycles. The number of aromatic amines is 1. The number of hydrogen-bond donors (Lipinski definition) is 2. The Balaban J connectivity index is 2.44. The SMILES string of the molecule is CCc1n[nH]c2cc(CC(N)=O)ncc12. The van der Waals surface area contributed by atoms with Gasteiger partial charge in [-0.3, -0.25) is 14.9 Å². The van der Waals surface area contributed by atoms with Gasteiger partial charge in [-0.2, -0.15) is 5.10 Å². The first kappa shape index (κ1) is 9.64. The summed E-state index contributed by atoms with van der Waals surface area (Å²) < 4.78 is 0. The number of aromatic nitrogens is 3. The van der Waals surface area contributed by atoms with Crippen LogP contribution in [0, 0.1) is 0 Å². The fourth-order valence-corrected chi connectivity index (χ4v) is 1.55. The summed E-state index contributed by atoms with van der Waals surface area (Å²) >= 11 is 0. The standard InChI is InChI=1S/C10H12N4O/c1-2-8-7-5-12-6(4-10(11)15)3-9(7)14-13-8/h3,5H,2,4H2,1H3,(H2,11,15)(H,13,14). The van der Waals surface area contributed by atoms with Crippen molar-refractivity contribution in [2.24, 2.45) is 5.73 Å². The number of primary amides is 1. The summed E-state index contributed by atoms with van der Waals surface area (Å²) in [5.41, 5.74) is 7.65. The van der Waals surface area contributed by atoms with Crippen LogP contribution >= 0.6 is 0 Å². The molecule has 15 heavy (non-hydrogen) atoms. The normalized spacial score (nSPS) is 10.7. The van der Waals surface area contributed by atoms with E-state index >= 15 is 0 Å². The Morgan fingerprint density at radius 3 is 3.07 bits per heavy atom. The van der Waals surface area contributed by atoms with Gasteiger partial charge in [0.1, 0.15) is 0 Å². The molecule has 78 valence electrons. The van der Waals surface area contributed by atoms with Crippen molar-refractivity contribution in [3.05, 3.63) is 23.7 Å². The Labute approximate surface area is 86.7 Å². The monoisotopic (exact) mass is 204 g/mol. The van der Waals surface area contributed by atoms with Gasteiger partial charge in [0.05, 0.1) is 23.3 Å². The fourth-order valence-electron chi connectivity index (χ4n) is 1.55. The Bertz CT molecular complexity index is 503. The molecule has 3 N–H and O–H groups in total. The van der Waals surface area contributed by atoms with Gasteiger partial charge in [0.2, 0.25) is 5.91 Å². The average molecular weight is 204 g/mol. The molecule has 0 unspecified atom stereocenters. The molecule has 2 rings (SSSR count). The van der Waals surface area contributed by atoms with Gasteiger partial charge in [-0.1, -0.05) is 6.92 Å². The van der Waals surface area contributed by atoms with Gasteiger partial charge in [-0.25, -0.2) is 0 Å². The summed E-state index contributed by atoms with van der Waals surface area (Å²) in [7, 11) is 0. The van der Waals surface area contributed by atoms with Crippen molar-refractivity contribution < 1.29 is 4.79 Å². The number of pyridine rings is 1. The van der Waals surface area contributed by atoms with Crippen molar-refractivity contribution in [3.8, 4) is 0 Å². The number of nitrogens with zero attached hydrogens (tertiary/aromatic N) is 2. The third-order valence-corrected chi connectivity index (χ3v) is 2.27. The molecular weight excluding hydrogens is 192 g/mol. The van der Waals surface area contributed by atoms with Crippen LogP contribution in [0.3, 0.4) is 0 Å². The second kappa shape index (κ2) is 3.68. The maximum absolute atomic E-state index is 10.7. The number of hydrogen-bond acceptors (Lipinski definition) is 3. The first-order chi connectivity index (χ1) is 7.20. The zero-order valence-corrected chi connectivity index (χ0v) is 8.45. The highest BCUT2D eigenvalue weighted by Crippen LogP contribution is 2.15. The van der Waals surface area contributed by atoms with Crippen LogP contribution in [0.15, 0.2) is 12.3 Å². The van der Waals surface area contributed by atoms with E-state index in [2.05, 4.69) is 15.2 Å². The molecule has 0 bridgehead atoms. The van der Waals surface area contributed by atoms with E-state index in [9.17, 15) is 4.79 Å². The summed E-state index contributed by atoms with van der Waals surface area (Å²) in [4.78, 5) is 14.9. The smallest absolute Gasteiger partial charge is 0.223 e. The molecule has 0 aliphatic rings. The van der Waals surface area contributed by atoms with Gasteiger partial charge >= 0.3 is 0 Å². The van der Waals surface area contributed by atoms with Crippen LogP contribution in [0.25, 0.3) is 10.9 Å². The lowest BCUT2D eigenvalue weighted by molar-refractivity contribution is -0.117. The van der Waals surface area contributed by atoms with Crippen LogP contribution in [-0.4, -0.2) is 21.1 Å². The number of nitrogens with two attached hydrogens (primary N) is 1. The van der Waals surface area contributed by atoms with E-state index in [1.165, 1.54) is 0 Å². The summed E-state index contributed by atoms with van der Waals surface area (Å²) in [5, 5.41) is 8.07. The molecule has 0 saturated heterocycles. The van der Waals surface area contributed by atoms with Crippen molar-refractivity contribution >= 4 is 16.8 Å². The van der Waals surface area contributed by atoms with Crippen LogP contribution in [0.1, 0.15) is 18.3 Å². The maximum atomic E-state index is 10.7. The van der Waals surface area contributed by atoms with Crippen molar-refractivity contribution in [2.75, 3.05) is 0 Å². The molecular formula is C10H12N4O. The number of H-pyrrole nitrogens is 1. The molecule has 0 atom stereocenters. The van der Waals surface area contributed by atoms with Crippen molar-refractivity contribution in [1.29, 1.82) is 0 Å². The number of carbonyl (C=O) groups is 1. The summed E-state index contributed by atoms with van der Waals surface area (Å²) in [6.07, 6.45) is 2.75. The Morgan fingerprint density at radius 1 is 1.60 bits per heavy atom. The largest absolute Gasteiger partial charge is 0.369 e. The molecule has 0 spiro atoms. The molecule has 1 amide bonds. The van der Waals surface area contributed by atoms with Gasteiger partial charge in [0.25, 0.3) is 0 Å². The van der Waals surface area contributed by atoms with Crippen molar-refractivity contribution in [3.63, 3.8) is 0 Å². The highest BCUT2D eigenvalue weighted by molar-refractivity contribution is 5.82. The second-order valence-corrected chi connectivity index (χ2v) is 3.39. The van der Waals surface area contributed by atoms with Crippen LogP contribution in [0.5, 0.6) is 0 Å². The first-order valence-corrected chi connectivity index (χ1v) is 4.81. The third kappa shape index (κ3) is 1.81. The number of aryl methyl sites for hydroxylation is 1. The first-order valence-electron chi connectivity index (χ1n) is 4.81. The van der Waals surface area contributed by atoms with E-state index in [1.807, 2.05) is 13.0 Å². The van der Waals surface area contributed by atoms with Crippen LogP contribution in [-0.2, 0) is 17.6 Å². The van der Waals surface area contributed by atoms with Gasteiger partial charge < -0.3 is 5.73 Å². The van der Waals surface area contributed by atoms with Gasteiger partial charge in [-0.15, -0.1) is 0 Å².